The average Bonchev–Trinajstić information content (AvgIpc) is 2.84. The molecule has 3 aromatic rings. The molecule has 4 nitrogen and oxygen atoms in total. The number of allylic oxidation sites excluding steroid dienone is 1. The van der Waals surface area contributed by atoms with E-state index >= 15 is 0 Å². The highest BCUT2D eigenvalue weighted by molar-refractivity contribution is 5.90. The summed E-state index contributed by atoms with van der Waals surface area (Å²) in [4.78, 5) is 12.2. The van der Waals surface area contributed by atoms with Crippen molar-refractivity contribution in [1.82, 2.24) is 0 Å². The highest BCUT2D eigenvalue weighted by atomic mass is 19.2. The normalized spacial score (nSPS) is 15.6. The predicted molar refractivity (Wildman–Crippen MR) is 112 cm³/mol. The molecule has 1 aliphatic rings. The number of rotatable bonds is 4. The van der Waals surface area contributed by atoms with E-state index in [2.05, 4.69) is 0 Å². The van der Waals surface area contributed by atoms with Gasteiger partial charge in [0.15, 0.2) is 34.8 Å². The van der Waals surface area contributed by atoms with Gasteiger partial charge in [-0.05, 0) is 42.7 Å². The molecule has 0 fully saturated rings. The summed E-state index contributed by atoms with van der Waals surface area (Å²) in [5.41, 5.74) is -1.54. The van der Waals surface area contributed by atoms with E-state index in [1.165, 1.54) is 12.1 Å². The summed E-state index contributed by atoms with van der Waals surface area (Å²) < 4.78 is 89.8. The summed E-state index contributed by atoms with van der Waals surface area (Å²) in [5.74, 6) is -12.0. The van der Waals surface area contributed by atoms with Gasteiger partial charge < -0.3 is 14.9 Å². The number of halogens is 6. The van der Waals surface area contributed by atoms with Crippen molar-refractivity contribution in [1.29, 1.82) is 0 Å². The Labute approximate surface area is 194 Å². The molecule has 0 aliphatic heterocycles. The van der Waals surface area contributed by atoms with E-state index in [9.17, 15) is 36.2 Å². The minimum atomic E-state index is -1.59. The first-order valence-electron chi connectivity index (χ1n) is 10.3. The van der Waals surface area contributed by atoms with Crippen molar-refractivity contribution in [3.63, 3.8) is 0 Å². The lowest BCUT2D eigenvalue weighted by Crippen LogP contribution is -2.21. The lowest BCUT2D eigenvalue weighted by Gasteiger charge is -2.23. The standard InChI is InChI=1S/C25H16F6O4/c26-19-13(5-6-14(20(19)27)15-7-9-17(32)23(30)21(15)28)11-1-3-12(4-2-11)35-25(34)16-8-10-18(33)24(31)22(16)29/h1,5-10,12,32-33H,2-4H2. The van der Waals surface area contributed by atoms with E-state index in [1.54, 1.807) is 0 Å². The molecule has 0 saturated carbocycles. The molecule has 0 radical (unpaired) electrons. The highest BCUT2D eigenvalue weighted by Gasteiger charge is 2.26. The molecule has 0 spiro atoms. The maximum atomic E-state index is 14.8. The number of esters is 1. The van der Waals surface area contributed by atoms with Crippen LogP contribution in [0, 0.1) is 34.9 Å². The van der Waals surface area contributed by atoms with E-state index < -0.39 is 75.2 Å². The molecular formula is C25H16F6O4. The van der Waals surface area contributed by atoms with E-state index in [0.717, 1.165) is 30.3 Å². The van der Waals surface area contributed by atoms with Crippen LogP contribution < -0.4 is 0 Å². The molecule has 0 aromatic heterocycles. The molecule has 0 saturated heterocycles. The maximum Gasteiger partial charge on any atom is 0.341 e. The first-order valence-corrected chi connectivity index (χ1v) is 10.3. The highest BCUT2D eigenvalue weighted by Crippen LogP contribution is 2.36. The topological polar surface area (TPSA) is 66.8 Å². The second-order valence-corrected chi connectivity index (χ2v) is 7.84. The molecular weight excluding hydrogens is 478 g/mol. The van der Waals surface area contributed by atoms with Crippen LogP contribution in [0.2, 0.25) is 0 Å². The fourth-order valence-electron chi connectivity index (χ4n) is 3.83. The Bertz CT molecular complexity index is 1370. The number of ether oxygens (including phenoxy) is 1. The van der Waals surface area contributed by atoms with Crippen molar-refractivity contribution in [2.45, 2.75) is 25.4 Å². The summed E-state index contributed by atoms with van der Waals surface area (Å²) in [6.07, 6.45) is 1.13. The largest absolute Gasteiger partial charge is 0.505 e. The van der Waals surface area contributed by atoms with Crippen LogP contribution in [0.4, 0.5) is 26.3 Å². The number of hydrogen-bond donors (Lipinski definition) is 2. The van der Waals surface area contributed by atoms with Gasteiger partial charge in [-0.25, -0.2) is 22.4 Å². The number of hydrogen-bond acceptors (Lipinski definition) is 4. The molecule has 10 heteroatoms. The Balaban J connectivity index is 1.52. The average molecular weight is 494 g/mol. The van der Waals surface area contributed by atoms with Gasteiger partial charge in [-0.15, -0.1) is 0 Å². The molecule has 0 heterocycles. The minimum absolute atomic E-state index is 0.0733. The molecule has 1 atom stereocenters. The van der Waals surface area contributed by atoms with Crippen molar-refractivity contribution >= 4 is 11.5 Å². The number of carbonyl (C=O) groups excluding carboxylic acids is 1. The van der Waals surface area contributed by atoms with Crippen molar-refractivity contribution in [2.75, 3.05) is 0 Å². The van der Waals surface area contributed by atoms with Crippen molar-refractivity contribution in [2.24, 2.45) is 0 Å². The van der Waals surface area contributed by atoms with Gasteiger partial charge in [0.1, 0.15) is 6.10 Å². The van der Waals surface area contributed by atoms with Gasteiger partial charge in [-0.3, -0.25) is 0 Å². The third-order valence-corrected chi connectivity index (χ3v) is 5.70. The Kier molecular flexibility index (Phi) is 6.47. The summed E-state index contributed by atoms with van der Waals surface area (Å²) in [5, 5.41) is 18.4. The number of benzene rings is 3. The molecule has 0 bridgehead atoms. The van der Waals surface area contributed by atoms with Gasteiger partial charge in [-0.2, -0.15) is 8.78 Å². The number of carbonyl (C=O) groups is 1. The zero-order valence-electron chi connectivity index (χ0n) is 17.7. The first-order chi connectivity index (χ1) is 16.6. The van der Waals surface area contributed by atoms with Crippen LogP contribution in [-0.4, -0.2) is 22.3 Å². The molecule has 1 aliphatic carbocycles. The molecule has 2 N–H and O–H groups in total. The van der Waals surface area contributed by atoms with Gasteiger partial charge in [-0.1, -0.05) is 18.2 Å². The van der Waals surface area contributed by atoms with Crippen molar-refractivity contribution in [3.05, 3.63) is 88.5 Å². The molecule has 182 valence electrons. The van der Waals surface area contributed by atoms with E-state index in [1.807, 2.05) is 0 Å². The fourth-order valence-corrected chi connectivity index (χ4v) is 3.83. The number of aromatic hydroxyl groups is 2. The molecule has 3 aromatic carbocycles. The molecule has 1 unspecified atom stereocenters. The number of phenolic OH excluding ortho intramolecular Hbond substituents is 2. The van der Waals surface area contributed by atoms with E-state index in [0.29, 0.717) is 5.57 Å². The van der Waals surface area contributed by atoms with Gasteiger partial charge in [0.05, 0.1) is 5.56 Å². The van der Waals surface area contributed by atoms with Crippen molar-refractivity contribution in [3.8, 4) is 22.6 Å². The summed E-state index contributed by atoms with van der Waals surface area (Å²) in [7, 11) is 0. The maximum absolute atomic E-state index is 14.8. The summed E-state index contributed by atoms with van der Waals surface area (Å²) in [6, 6.07) is 5.72. The van der Waals surface area contributed by atoms with Gasteiger partial charge in [0.25, 0.3) is 0 Å². The van der Waals surface area contributed by atoms with E-state index in [-0.39, 0.29) is 24.8 Å². The SMILES string of the molecule is O=C(OC1CC=C(c2ccc(-c3ccc(O)c(F)c3F)c(F)c2F)CC1)c1ccc(O)c(F)c1F. The summed E-state index contributed by atoms with van der Waals surface area (Å²) >= 11 is 0. The van der Waals surface area contributed by atoms with Crippen molar-refractivity contribution < 1.29 is 46.1 Å². The Morgan fingerprint density at radius 2 is 1.23 bits per heavy atom. The third kappa shape index (κ3) is 4.43. The van der Waals surface area contributed by atoms with Crippen LogP contribution in [0.1, 0.15) is 35.2 Å². The monoisotopic (exact) mass is 494 g/mol. The second kappa shape index (κ2) is 9.36. The van der Waals surface area contributed by atoms with Crippen LogP contribution >= 0.6 is 0 Å². The van der Waals surface area contributed by atoms with Crippen LogP contribution in [0.5, 0.6) is 11.5 Å². The van der Waals surface area contributed by atoms with Crippen LogP contribution in [0.25, 0.3) is 16.7 Å². The molecule has 35 heavy (non-hydrogen) atoms. The lowest BCUT2D eigenvalue weighted by atomic mass is 9.90. The molecule has 0 amide bonds. The van der Waals surface area contributed by atoms with Crippen LogP contribution in [0.3, 0.4) is 0 Å². The fraction of sp³-hybridized carbons (Fsp3) is 0.160. The second-order valence-electron chi connectivity index (χ2n) is 7.84. The van der Waals surface area contributed by atoms with Gasteiger partial charge in [0.2, 0.25) is 11.6 Å². The summed E-state index contributed by atoms with van der Waals surface area (Å²) in [6.45, 7) is 0. The Hall–Kier alpha value is -3.95. The smallest absolute Gasteiger partial charge is 0.341 e. The lowest BCUT2D eigenvalue weighted by molar-refractivity contribution is 0.0278. The Morgan fingerprint density at radius 3 is 1.86 bits per heavy atom. The molecule has 4 rings (SSSR count). The van der Waals surface area contributed by atoms with Crippen LogP contribution in [0.15, 0.2) is 42.5 Å². The number of phenols is 2. The third-order valence-electron chi connectivity index (χ3n) is 5.70. The predicted octanol–water partition coefficient (Wildman–Crippen LogP) is 6.39. The first kappa shape index (κ1) is 24.2. The van der Waals surface area contributed by atoms with Gasteiger partial charge >= 0.3 is 5.97 Å². The van der Waals surface area contributed by atoms with E-state index in [4.69, 9.17) is 9.84 Å². The van der Waals surface area contributed by atoms with Gasteiger partial charge in [0, 0.05) is 23.1 Å². The zero-order chi connectivity index (χ0) is 25.4. The minimum Gasteiger partial charge on any atom is -0.505 e. The quantitative estimate of drug-likeness (QED) is 0.326. The zero-order valence-corrected chi connectivity index (χ0v) is 17.7. The Morgan fingerprint density at radius 1 is 0.714 bits per heavy atom. The van der Waals surface area contributed by atoms with Crippen LogP contribution in [-0.2, 0) is 4.74 Å².